The monoisotopic (exact) mass is 385 g/mol. The predicted molar refractivity (Wildman–Crippen MR) is 100 cm³/mol. The lowest BCUT2D eigenvalue weighted by Crippen LogP contribution is -2.58. The first-order valence-electron chi connectivity index (χ1n) is 9.43. The number of aromatic nitrogens is 4. The second-order valence-electron chi connectivity index (χ2n) is 6.80. The lowest BCUT2D eigenvalue weighted by molar-refractivity contribution is -0.138. The Kier molecular flexibility index (Phi) is 5.09. The van der Waals surface area contributed by atoms with Crippen LogP contribution in [0, 0.1) is 5.92 Å². The molecule has 0 N–H and O–H groups in total. The summed E-state index contributed by atoms with van der Waals surface area (Å²) in [6.07, 6.45) is 4.73. The fourth-order valence-electron chi connectivity index (χ4n) is 3.44. The largest absolute Gasteiger partial charge is 0.450 e. The standard InChI is InChI=1S/C18H23N7O3/c1-2-28-18(27)23-8-6-22(7-9-23)17(26)14-11-24(12-14)15-10-16(20-13-19-15)25-5-3-4-21-25/h3-5,10,13-14H,2,6-9,11-12H2,1H3. The van der Waals surface area contributed by atoms with Crippen LogP contribution in [0.2, 0.25) is 0 Å². The Hall–Kier alpha value is -3.17. The highest BCUT2D eigenvalue weighted by Gasteiger charge is 2.37. The van der Waals surface area contributed by atoms with Gasteiger partial charge in [0.2, 0.25) is 5.91 Å². The van der Waals surface area contributed by atoms with Crippen molar-refractivity contribution in [3.8, 4) is 5.82 Å². The zero-order valence-electron chi connectivity index (χ0n) is 15.8. The molecule has 2 fully saturated rings. The third-order valence-corrected chi connectivity index (χ3v) is 5.05. The van der Waals surface area contributed by atoms with Crippen LogP contribution < -0.4 is 4.90 Å². The van der Waals surface area contributed by atoms with E-state index in [0.29, 0.717) is 51.7 Å². The van der Waals surface area contributed by atoms with Crippen molar-refractivity contribution in [3.63, 3.8) is 0 Å². The summed E-state index contributed by atoms with van der Waals surface area (Å²) in [4.78, 5) is 38.6. The highest BCUT2D eigenvalue weighted by atomic mass is 16.6. The van der Waals surface area contributed by atoms with E-state index < -0.39 is 0 Å². The molecule has 2 aromatic rings. The molecule has 0 bridgehead atoms. The van der Waals surface area contributed by atoms with Crippen molar-refractivity contribution in [1.82, 2.24) is 29.5 Å². The van der Waals surface area contributed by atoms with Crippen molar-refractivity contribution in [3.05, 3.63) is 30.9 Å². The first-order chi connectivity index (χ1) is 13.7. The number of amides is 2. The molecule has 10 heteroatoms. The van der Waals surface area contributed by atoms with E-state index in [1.807, 2.05) is 23.2 Å². The third kappa shape index (κ3) is 3.62. The van der Waals surface area contributed by atoms with Gasteiger partial charge in [-0.2, -0.15) is 5.10 Å². The molecule has 0 saturated carbocycles. The maximum absolute atomic E-state index is 12.7. The van der Waals surface area contributed by atoms with Gasteiger partial charge < -0.3 is 19.4 Å². The van der Waals surface area contributed by atoms with Gasteiger partial charge in [0, 0.05) is 57.7 Å². The maximum Gasteiger partial charge on any atom is 0.409 e. The highest BCUT2D eigenvalue weighted by molar-refractivity contribution is 5.82. The van der Waals surface area contributed by atoms with E-state index in [0.717, 1.165) is 5.82 Å². The van der Waals surface area contributed by atoms with Gasteiger partial charge in [0.25, 0.3) is 0 Å². The van der Waals surface area contributed by atoms with Gasteiger partial charge in [-0.25, -0.2) is 19.4 Å². The number of hydrogen-bond acceptors (Lipinski definition) is 7. The number of ether oxygens (including phenoxy) is 1. The topological polar surface area (TPSA) is 96.7 Å². The Balaban J connectivity index is 1.29. The first kappa shape index (κ1) is 18.2. The van der Waals surface area contributed by atoms with Gasteiger partial charge in [-0.1, -0.05) is 0 Å². The second kappa shape index (κ2) is 7.83. The molecule has 148 valence electrons. The van der Waals surface area contributed by atoms with Crippen LogP contribution in [0.5, 0.6) is 0 Å². The van der Waals surface area contributed by atoms with Crippen LogP contribution in [0.25, 0.3) is 5.82 Å². The highest BCUT2D eigenvalue weighted by Crippen LogP contribution is 2.25. The summed E-state index contributed by atoms with van der Waals surface area (Å²) < 4.78 is 6.69. The molecular weight excluding hydrogens is 362 g/mol. The zero-order chi connectivity index (χ0) is 19.5. The SMILES string of the molecule is CCOC(=O)N1CCN(C(=O)C2CN(c3cc(-n4cccn4)ncn3)C2)CC1. The van der Waals surface area contributed by atoms with E-state index in [-0.39, 0.29) is 17.9 Å². The van der Waals surface area contributed by atoms with Crippen LogP contribution in [0.3, 0.4) is 0 Å². The van der Waals surface area contributed by atoms with Crippen LogP contribution >= 0.6 is 0 Å². The molecule has 2 amide bonds. The van der Waals surface area contributed by atoms with Gasteiger partial charge in [0.05, 0.1) is 12.5 Å². The zero-order valence-corrected chi connectivity index (χ0v) is 15.8. The number of nitrogens with zero attached hydrogens (tertiary/aromatic N) is 7. The molecule has 4 heterocycles. The number of anilines is 1. The van der Waals surface area contributed by atoms with E-state index in [1.54, 1.807) is 22.7 Å². The summed E-state index contributed by atoms with van der Waals surface area (Å²) in [5, 5.41) is 4.18. The molecule has 0 unspecified atom stereocenters. The van der Waals surface area contributed by atoms with Gasteiger partial charge >= 0.3 is 6.09 Å². The lowest BCUT2D eigenvalue weighted by Gasteiger charge is -2.43. The molecule has 2 aliphatic rings. The van der Waals surface area contributed by atoms with Crippen LogP contribution in [0.15, 0.2) is 30.9 Å². The fourth-order valence-corrected chi connectivity index (χ4v) is 3.44. The van der Waals surface area contributed by atoms with Crippen molar-refractivity contribution < 1.29 is 14.3 Å². The van der Waals surface area contributed by atoms with E-state index in [2.05, 4.69) is 20.0 Å². The molecule has 2 saturated heterocycles. The van der Waals surface area contributed by atoms with E-state index in [1.165, 1.54) is 6.33 Å². The quantitative estimate of drug-likeness (QED) is 0.751. The number of carbonyl (C=O) groups is 2. The van der Waals surface area contributed by atoms with Crippen LogP contribution in [0.1, 0.15) is 6.92 Å². The third-order valence-electron chi connectivity index (χ3n) is 5.05. The minimum Gasteiger partial charge on any atom is -0.450 e. The van der Waals surface area contributed by atoms with E-state index in [9.17, 15) is 9.59 Å². The van der Waals surface area contributed by atoms with Gasteiger partial charge in [-0.05, 0) is 13.0 Å². The van der Waals surface area contributed by atoms with Crippen molar-refractivity contribution in [2.24, 2.45) is 5.92 Å². The second-order valence-corrected chi connectivity index (χ2v) is 6.80. The molecule has 4 rings (SSSR count). The smallest absolute Gasteiger partial charge is 0.409 e. The Bertz CT molecular complexity index is 827. The van der Waals surface area contributed by atoms with Crippen molar-refractivity contribution in [1.29, 1.82) is 0 Å². The Morgan fingerprint density at radius 2 is 1.82 bits per heavy atom. The summed E-state index contributed by atoms with van der Waals surface area (Å²) in [5.41, 5.74) is 0. The molecule has 0 radical (unpaired) electrons. The van der Waals surface area contributed by atoms with Crippen molar-refractivity contribution >= 4 is 17.8 Å². The number of piperazine rings is 1. The van der Waals surface area contributed by atoms with Crippen molar-refractivity contribution in [2.45, 2.75) is 6.92 Å². The number of hydrogen-bond donors (Lipinski definition) is 0. The van der Waals surface area contributed by atoms with Crippen LogP contribution in [-0.2, 0) is 9.53 Å². The van der Waals surface area contributed by atoms with Crippen molar-refractivity contribution in [2.75, 3.05) is 50.8 Å². The molecule has 0 aliphatic carbocycles. The molecule has 0 aromatic carbocycles. The van der Waals surface area contributed by atoms with Gasteiger partial charge in [-0.15, -0.1) is 0 Å². The van der Waals surface area contributed by atoms with Crippen LogP contribution in [0.4, 0.5) is 10.6 Å². The molecule has 2 aromatic heterocycles. The first-order valence-corrected chi connectivity index (χ1v) is 9.43. The number of carbonyl (C=O) groups excluding carboxylic acids is 2. The average Bonchev–Trinajstić information content (AvgIpc) is 3.22. The summed E-state index contributed by atoms with van der Waals surface area (Å²) in [6.45, 7) is 5.53. The number of rotatable bonds is 4. The van der Waals surface area contributed by atoms with Gasteiger partial charge in [-0.3, -0.25) is 4.79 Å². The molecule has 0 spiro atoms. The lowest BCUT2D eigenvalue weighted by atomic mass is 9.98. The molecule has 2 aliphatic heterocycles. The Labute approximate surface area is 162 Å². The van der Waals surface area contributed by atoms with E-state index >= 15 is 0 Å². The van der Waals surface area contributed by atoms with Gasteiger partial charge in [0.15, 0.2) is 5.82 Å². The minimum atomic E-state index is -0.304. The Morgan fingerprint density at radius 3 is 2.50 bits per heavy atom. The molecule has 28 heavy (non-hydrogen) atoms. The predicted octanol–water partition coefficient (Wildman–Crippen LogP) is 0.399. The summed E-state index contributed by atoms with van der Waals surface area (Å²) >= 11 is 0. The van der Waals surface area contributed by atoms with E-state index in [4.69, 9.17) is 4.74 Å². The molecule has 0 atom stereocenters. The minimum absolute atomic E-state index is 0.0442. The maximum atomic E-state index is 12.7. The Morgan fingerprint density at radius 1 is 1.11 bits per heavy atom. The average molecular weight is 385 g/mol. The normalized spacial score (nSPS) is 17.4. The van der Waals surface area contributed by atoms with Gasteiger partial charge in [0.1, 0.15) is 12.1 Å². The van der Waals surface area contributed by atoms with Crippen LogP contribution in [-0.4, -0.2) is 87.4 Å². The summed E-state index contributed by atoms with van der Waals surface area (Å²) in [7, 11) is 0. The summed E-state index contributed by atoms with van der Waals surface area (Å²) in [5.74, 6) is 1.58. The molecular formula is C18H23N7O3. The molecule has 10 nitrogen and oxygen atoms in total. The summed E-state index contributed by atoms with van der Waals surface area (Å²) in [6, 6.07) is 3.70. The fraction of sp³-hybridized carbons (Fsp3) is 0.500.